The molecular weight excluding hydrogens is 218 g/mol. The van der Waals surface area contributed by atoms with Gasteiger partial charge in [-0.25, -0.2) is 4.79 Å². The lowest BCUT2D eigenvalue weighted by Crippen LogP contribution is -2.11. The summed E-state index contributed by atoms with van der Waals surface area (Å²) in [4.78, 5) is 11.7. The zero-order valence-electron chi connectivity index (χ0n) is 9.97. The summed E-state index contributed by atoms with van der Waals surface area (Å²) in [6, 6.07) is 7.48. The normalized spacial score (nSPS) is 10.5. The van der Waals surface area contributed by atoms with Crippen LogP contribution in [0, 0.1) is 0 Å². The monoisotopic (exact) mass is 233 g/mol. The molecule has 0 unspecified atom stereocenters. The van der Waals surface area contributed by atoms with Crippen molar-refractivity contribution in [3.63, 3.8) is 0 Å². The second-order valence-corrected chi connectivity index (χ2v) is 3.51. The zero-order valence-corrected chi connectivity index (χ0v) is 9.97. The molecule has 4 heteroatoms. The van der Waals surface area contributed by atoms with Crippen molar-refractivity contribution < 1.29 is 14.3 Å². The SMILES string of the molecule is CCOC(=O)n1ccc2c(OCC)cccc21. The van der Waals surface area contributed by atoms with Gasteiger partial charge >= 0.3 is 6.09 Å². The van der Waals surface area contributed by atoms with Crippen LogP contribution in [0.5, 0.6) is 5.75 Å². The number of hydrogen-bond acceptors (Lipinski definition) is 3. The maximum absolute atomic E-state index is 11.7. The van der Waals surface area contributed by atoms with Crippen molar-refractivity contribution >= 4 is 17.0 Å². The molecule has 0 amide bonds. The van der Waals surface area contributed by atoms with Crippen LogP contribution >= 0.6 is 0 Å². The Bertz CT molecular complexity index is 530. The van der Waals surface area contributed by atoms with E-state index in [4.69, 9.17) is 9.47 Å². The fourth-order valence-electron chi connectivity index (χ4n) is 1.77. The molecular formula is C13H15NO3. The number of hydrogen-bond donors (Lipinski definition) is 0. The summed E-state index contributed by atoms with van der Waals surface area (Å²) in [6.45, 7) is 4.68. The van der Waals surface area contributed by atoms with Crippen molar-refractivity contribution in [1.29, 1.82) is 0 Å². The molecule has 0 aliphatic heterocycles. The van der Waals surface area contributed by atoms with Crippen molar-refractivity contribution in [3.05, 3.63) is 30.5 Å². The summed E-state index contributed by atoms with van der Waals surface area (Å²) in [6.07, 6.45) is 1.33. The summed E-state index contributed by atoms with van der Waals surface area (Å²) in [5.41, 5.74) is 0.800. The number of nitrogens with zero attached hydrogens (tertiary/aromatic N) is 1. The predicted octanol–water partition coefficient (Wildman–Crippen LogP) is 3.04. The highest BCUT2D eigenvalue weighted by Gasteiger charge is 2.11. The summed E-state index contributed by atoms with van der Waals surface area (Å²) in [7, 11) is 0. The average Bonchev–Trinajstić information content (AvgIpc) is 2.74. The molecule has 90 valence electrons. The number of aromatic nitrogens is 1. The molecule has 0 saturated carbocycles. The third-order valence-electron chi connectivity index (χ3n) is 2.46. The van der Waals surface area contributed by atoms with Crippen LogP contribution in [-0.2, 0) is 4.74 Å². The molecule has 1 aromatic heterocycles. The van der Waals surface area contributed by atoms with Crippen molar-refractivity contribution in [3.8, 4) is 5.75 Å². The highest BCUT2D eigenvalue weighted by molar-refractivity contribution is 5.93. The summed E-state index contributed by atoms with van der Waals surface area (Å²) < 4.78 is 12.0. The van der Waals surface area contributed by atoms with Crippen LogP contribution in [0.4, 0.5) is 4.79 Å². The molecule has 0 aliphatic carbocycles. The molecule has 4 nitrogen and oxygen atoms in total. The van der Waals surface area contributed by atoms with Gasteiger partial charge in [-0.05, 0) is 32.0 Å². The van der Waals surface area contributed by atoms with Gasteiger partial charge in [0.05, 0.1) is 18.7 Å². The van der Waals surface area contributed by atoms with Crippen molar-refractivity contribution in [2.45, 2.75) is 13.8 Å². The molecule has 0 N–H and O–H groups in total. The molecule has 0 aliphatic rings. The van der Waals surface area contributed by atoms with Crippen molar-refractivity contribution in [1.82, 2.24) is 4.57 Å². The lowest BCUT2D eigenvalue weighted by Gasteiger charge is -2.06. The van der Waals surface area contributed by atoms with E-state index in [-0.39, 0.29) is 6.09 Å². The fraction of sp³-hybridized carbons (Fsp3) is 0.308. The summed E-state index contributed by atoms with van der Waals surface area (Å²) >= 11 is 0. The number of ether oxygens (including phenoxy) is 2. The maximum atomic E-state index is 11.7. The Labute approximate surface area is 99.7 Å². The van der Waals surface area contributed by atoms with Gasteiger partial charge in [-0.15, -0.1) is 0 Å². The lowest BCUT2D eigenvalue weighted by molar-refractivity contribution is 0.155. The molecule has 2 aromatic rings. The third kappa shape index (κ3) is 2.11. The van der Waals surface area contributed by atoms with E-state index in [1.165, 1.54) is 4.57 Å². The Hall–Kier alpha value is -1.97. The van der Waals surface area contributed by atoms with E-state index in [9.17, 15) is 4.79 Å². The van der Waals surface area contributed by atoms with E-state index in [0.717, 1.165) is 16.7 Å². The van der Waals surface area contributed by atoms with Gasteiger partial charge < -0.3 is 9.47 Å². The molecule has 0 spiro atoms. The van der Waals surface area contributed by atoms with Crippen LogP contribution in [0.1, 0.15) is 13.8 Å². The smallest absolute Gasteiger partial charge is 0.418 e. The van der Waals surface area contributed by atoms with Gasteiger partial charge in [0.15, 0.2) is 0 Å². The Balaban J connectivity index is 2.47. The second-order valence-electron chi connectivity index (χ2n) is 3.51. The quantitative estimate of drug-likeness (QED) is 0.818. The van der Waals surface area contributed by atoms with E-state index in [1.807, 2.05) is 31.2 Å². The van der Waals surface area contributed by atoms with Crippen LogP contribution < -0.4 is 4.74 Å². The van der Waals surface area contributed by atoms with Crippen LogP contribution in [0.3, 0.4) is 0 Å². The summed E-state index contributed by atoms with van der Waals surface area (Å²) in [5.74, 6) is 0.785. The second kappa shape index (κ2) is 4.91. The molecule has 0 radical (unpaired) electrons. The predicted molar refractivity (Wildman–Crippen MR) is 65.5 cm³/mol. The van der Waals surface area contributed by atoms with E-state index >= 15 is 0 Å². The Morgan fingerprint density at radius 3 is 2.76 bits per heavy atom. The van der Waals surface area contributed by atoms with Gasteiger partial charge in [0.1, 0.15) is 5.75 Å². The average molecular weight is 233 g/mol. The minimum absolute atomic E-state index is 0.365. The highest BCUT2D eigenvalue weighted by atomic mass is 16.5. The first kappa shape index (κ1) is 11.5. The van der Waals surface area contributed by atoms with Crippen LogP contribution in [-0.4, -0.2) is 23.9 Å². The van der Waals surface area contributed by atoms with Crippen LogP contribution in [0.25, 0.3) is 10.9 Å². The Morgan fingerprint density at radius 2 is 2.06 bits per heavy atom. The molecule has 2 rings (SSSR count). The van der Waals surface area contributed by atoms with E-state index < -0.39 is 0 Å². The van der Waals surface area contributed by atoms with Gasteiger partial charge in [0, 0.05) is 11.6 Å². The molecule has 1 aromatic carbocycles. The minimum Gasteiger partial charge on any atom is -0.493 e. The number of fused-ring (bicyclic) bond motifs is 1. The zero-order chi connectivity index (χ0) is 12.3. The van der Waals surface area contributed by atoms with Gasteiger partial charge in [-0.3, -0.25) is 4.57 Å². The van der Waals surface area contributed by atoms with Crippen molar-refractivity contribution in [2.24, 2.45) is 0 Å². The number of carbonyl (C=O) groups excluding carboxylic acids is 1. The Kier molecular flexibility index (Phi) is 3.32. The first-order valence-corrected chi connectivity index (χ1v) is 5.68. The topological polar surface area (TPSA) is 40.5 Å². The first-order valence-electron chi connectivity index (χ1n) is 5.68. The Morgan fingerprint density at radius 1 is 1.24 bits per heavy atom. The minimum atomic E-state index is -0.365. The molecule has 0 bridgehead atoms. The van der Waals surface area contributed by atoms with Gasteiger partial charge in [0.2, 0.25) is 0 Å². The molecule has 1 heterocycles. The van der Waals surface area contributed by atoms with Crippen molar-refractivity contribution in [2.75, 3.05) is 13.2 Å². The summed E-state index contributed by atoms with van der Waals surface area (Å²) in [5, 5.41) is 0.919. The number of benzene rings is 1. The van der Waals surface area contributed by atoms with Gasteiger partial charge in [-0.2, -0.15) is 0 Å². The van der Waals surface area contributed by atoms with Crippen LogP contribution in [0.2, 0.25) is 0 Å². The molecule has 0 atom stereocenters. The van der Waals surface area contributed by atoms with Crippen LogP contribution in [0.15, 0.2) is 30.5 Å². The molecule has 0 fully saturated rings. The lowest BCUT2D eigenvalue weighted by atomic mass is 10.2. The number of rotatable bonds is 3. The van der Waals surface area contributed by atoms with Gasteiger partial charge in [-0.1, -0.05) is 6.07 Å². The fourth-order valence-corrected chi connectivity index (χ4v) is 1.77. The molecule has 0 saturated heterocycles. The number of carbonyl (C=O) groups is 1. The highest BCUT2D eigenvalue weighted by Crippen LogP contribution is 2.26. The largest absolute Gasteiger partial charge is 0.493 e. The standard InChI is InChI=1S/C13H15NO3/c1-3-16-12-7-5-6-11-10(12)8-9-14(11)13(15)17-4-2/h5-9H,3-4H2,1-2H3. The van der Waals surface area contributed by atoms with E-state index in [1.54, 1.807) is 13.1 Å². The first-order chi connectivity index (χ1) is 8.27. The maximum Gasteiger partial charge on any atom is 0.418 e. The molecule has 17 heavy (non-hydrogen) atoms. The van der Waals surface area contributed by atoms with Gasteiger partial charge in [0.25, 0.3) is 0 Å². The van der Waals surface area contributed by atoms with E-state index in [0.29, 0.717) is 13.2 Å². The van der Waals surface area contributed by atoms with E-state index in [2.05, 4.69) is 0 Å². The third-order valence-corrected chi connectivity index (χ3v) is 2.46.